The van der Waals surface area contributed by atoms with Crippen molar-refractivity contribution in [2.75, 3.05) is 20.1 Å². The van der Waals surface area contributed by atoms with E-state index < -0.39 is 24.0 Å². The molecular formula is C30H41N5O5. The first kappa shape index (κ1) is 29.3. The van der Waals surface area contributed by atoms with Gasteiger partial charge in [-0.15, -0.1) is 0 Å². The number of phenolic OH excluding ortho intramolecular Hbond substituents is 1. The van der Waals surface area contributed by atoms with Crippen molar-refractivity contribution in [2.24, 2.45) is 0 Å². The molecule has 0 radical (unpaired) electrons. The molecule has 10 heteroatoms. The Morgan fingerprint density at radius 3 is 2.60 bits per heavy atom. The predicted molar refractivity (Wildman–Crippen MR) is 151 cm³/mol. The van der Waals surface area contributed by atoms with Crippen LogP contribution in [-0.4, -0.2) is 77.1 Å². The van der Waals surface area contributed by atoms with Gasteiger partial charge in [0.15, 0.2) is 0 Å². The summed E-state index contributed by atoms with van der Waals surface area (Å²) < 4.78 is 6.38. The van der Waals surface area contributed by atoms with Crippen LogP contribution in [0.1, 0.15) is 56.4 Å². The second-order valence-electron chi connectivity index (χ2n) is 10.7. The zero-order valence-electron chi connectivity index (χ0n) is 23.6. The molecule has 0 unspecified atom stereocenters. The summed E-state index contributed by atoms with van der Waals surface area (Å²) in [6, 6.07) is 6.44. The predicted octanol–water partition coefficient (Wildman–Crippen LogP) is 1.88. The molecule has 1 aromatic heterocycles. The molecule has 0 aliphatic carbocycles. The quantitative estimate of drug-likeness (QED) is 0.456. The number of hydrogen-bond acceptors (Lipinski definition) is 7. The number of hydrogen-bond donors (Lipinski definition) is 4. The van der Waals surface area contributed by atoms with Crippen molar-refractivity contribution in [3.05, 3.63) is 53.3 Å². The molecule has 2 aromatic rings. The molecule has 0 saturated heterocycles. The SMILES string of the molecule is CCC[C@@H]1NC[C@H]2CCc3ccnc(c3O2)CCCNC(=O)[C@@H](Cc2ccc(O)cc2)NC(=O)[C@@H](C)N(C)C1=O. The van der Waals surface area contributed by atoms with Crippen LogP contribution >= 0.6 is 0 Å². The highest BCUT2D eigenvalue weighted by Crippen LogP contribution is 2.30. The monoisotopic (exact) mass is 551 g/mol. The van der Waals surface area contributed by atoms with Crippen molar-refractivity contribution in [1.82, 2.24) is 25.8 Å². The number of rotatable bonds is 4. The van der Waals surface area contributed by atoms with E-state index in [-0.39, 0.29) is 30.1 Å². The third kappa shape index (κ3) is 7.29. The van der Waals surface area contributed by atoms with Crippen molar-refractivity contribution in [1.29, 1.82) is 0 Å². The van der Waals surface area contributed by atoms with Gasteiger partial charge in [0.05, 0.1) is 11.7 Å². The fourth-order valence-corrected chi connectivity index (χ4v) is 5.19. The van der Waals surface area contributed by atoms with Crippen LogP contribution in [0.15, 0.2) is 36.5 Å². The Labute approximate surface area is 235 Å². The van der Waals surface area contributed by atoms with Crippen LogP contribution in [-0.2, 0) is 33.6 Å². The first-order chi connectivity index (χ1) is 19.3. The van der Waals surface area contributed by atoms with Crippen LogP contribution in [0.3, 0.4) is 0 Å². The molecule has 4 N–H and O–H groups in total. The lowest BCUT2D eigenvalue weighted by atomic mass is 10.00. The highest BCUT2D eigenvalue weighted by molar-refractivity contribution is 5.93. The van der Waals surface area contributed by atoms with Gasteiger partial charge >= 0.3 is 0 Å². The summed E-state index contributed by atoms with van der Waals surface area (Å²) in [5.41, 5.74) is 2.78. The first-order valence-corrected chi connectivity index (χ1v) is 14.3. The number of phenols is 1. The van der Waals surface area contributed by atoms with E-state index in [4.69, 9.17) is 4.74 Å². The van der Waals surface area contributed by atoms with Crippen molar-refractivity contribution < 1.29 is 24.2 Å². The van der Waals surface area contributed by atoms with Crippen molar-refractivity contribution in [3.8, 4) is 11.5 Å². The Bertz CT molecular complexity index is 1190. The largest absolute Gasteiger partial charge is 0.508 e. The maximum atomic E-state index is 13.5. The summed E-state index contributed by atoms with van der Waals surface area (Å²) in [7, 11) is 1.62. The van der Waals surface area contributed by atoms with E-state index in [1.54, 1.807) is 44.4 Å². The highest BCUT2D eigenvalue weighted by Gasteiger charge is 2.32. The molecule has 2 aliphatic heterocycles. The van der Waals surface area contributed by atoms with E-state index in [1.807, 2.05) is 13.0 Å². The zero-order valence-corrected chi connectivity index (χ0v) is 23.6. The molecule has 3 amide bonds. The molecule has 2 bridgehead atoms. The third-order valence-electron chi connectivity index (χ3n) is 7.75. The van der Waals surface area contributed by atoms with E-state index in [9.17, 15) is 19.5 Å². The van der Waals surface area contributed by atoms with Crippen LogP contribution in [0.4, 0.5) is 0 Å². The van der Waals surface area contributed by atoms with Crippen molar-refractivity contribution >= 4 is 17.7 Å². The van der Waals surface area contributed by atoms with Gasteiger partial charge < -0.3 is 30.7 Å². The molecule has 40 heavy (non-hydrogen) atoms. The molecule has 216 valence electrons. The van der Waals surface area contributed by atoms with Gasteiger partial charge in [0, 0.05) is 32.8 Å². The number of ether oxygens (including phenoxy) is 1. The van der Waals surface area contributed by atoms with Crippen molar-refractivity contribution in [3.63, 3.8) is 0 Å². The lowest BCUT2D eigenvalue weighted by Gasteiger charge is -2.32. The molecular weight excluding hydrogens is 510 g/mol. The van der Waals surface area contributed by atoms with Gasteiger partial charge in [-0.2, -0.15) is 0 Å². The summed E-state index contributed by atoms with van der Waals surface area (Å²) in [6.45, 7) is 4.61. The average molecular weight is 552 g/mol. The van der Waals surface area contributed by atoms with E-state index >= 15 is 0 Å². The number of amides is 3. The number of aromatic hydroxyl groups is 1. The molecule has 1 aromatic carbocycles. The van der Waals surface area contributed by atoms with Crippen molar-refractivity contribution in [2.45, 2.75) is 83.0 Å². The maximum absolute atomic E-state index is 13.5. The van der Waals surface area contributed by atoms with Crippen LogP contribution in [0, 0.1) is 0 Å². The van der Waals surface area contributed by atoms with Gasteiger partial charge in [0.1, 0.15) is 29.7 Å². The number of nitrogens with one attached hydrogen (secondary N) is 3. The Kier molecular flexibility index (Phi) is 9.98. The lowest BCUT2D eigenvalue weighted by Crippen LogP contribution is -2.56. The van der Waals surface area contributed by atoms with Crippen LogP contribution in [0.25, 0.3) is 0 Å². The summed E-state index contributed by atoms with van der Waals surface area (Å²) in [4.78, 5) is 46.1. The molecule has 10 nitrogen and oxygen atoms in total. The number of aryl methyl sites for hydroxylation is 2. The molecule has 0 spiro atoms. The van der Waals surface area contributed by atoms with Gasteiger partial charge in [-0.1, -0.05) is 25.5 Å². The number of aromatic nitrogens is 1. The normalized spacial score (nSPS) is 24.8. The van der Waals surface area contributed by atoms with Crippen LogP contribution in [0.2, 0.25) is 0 Å². The van der Waals surface area contributed by atoms with Gasteiger partial charge in [-0.3, -0.25) is 19.4 Å². The fourth-order valence-electron chi connectivity index (χ4n) is 5.19. The first-order valence-electron chi connectivity index (χ1n) is 14.3. The number of benzene rings is 1. The topological polar surface area (TPSA) is 133 Å². The molecule has 4 rings (SSSR count). The minimum absolute atomic E-state index is 0.0899. The van der Waals surface area contributed by atoms with Gasteiger partial charge in [-0.05, 0) is 68.4 Å². The standard InChI is InChI=1S/C30H41N5O5/c1-4-6-25-30(39)35(3)19(2)28(37)34-26(17-20-8-11-22(36)12-9-20)29(38)32-15-5-7-24-27-21(14-16-31-24)10-13-23(40-27)18-33-25/h8-9,11-12,14,16,19,23,25-26,33,36H,4-7,10,13,15,17-18H2,1-3H3,(H,32,38)(H,34,37)/t19-,23-,25+,26-/m1/s1. The van der Waals surface area contributed by atoms with Crippen LogP contribution in [0.5, 0.6) is 11.5 Å². The molecule has 4 atom stereocenters. The van der Waals surface area contributed by atoms with E-state index in [0.29, 0.717) is 32.4 Å². The smallest absolute Gasteiger partial charge is 0.243 e. The molecule has 3 heterocycles. The van der Waals surface area contributed by atoms with E-state index in [2.05, 4.69) is 20.9 Å². The summed E-state index contributed by atoms with van der Waals surface area (Å²) >= 11 is 0. The average Bonchev–Trinajstić information content (AvgIpc) is 2.96. The number of carbonyl (C=O) groups excluding carboxylic acids is 3. The number of carbonyl (C=O) groups is 3. The molecule has 0 fully saturated rings. The highest BCUT2D eigenvalue weighted by atomic mass is 16.5. The van der Waals surface area contributed by atoms with Gasteiger partial charge in [-0.25, -0.2) is 0 Å². The Morgan fingerprint density at radius 2 is 1.85 bits per heavy atom. The minimum atomic E-state index is -0.849. The summed E-state index contributed by atoms with van der Waals surface area (Å²) in [5.74, 6) is 0.0391. The zero-order chi connectivity index (χ0) is 28.6. The number of nitrogens with zero attached hydrogens (tertiary/aromatic N) is 2. The molecule has 0 saturated carbocycles. The number of pyridine rings is 1. The second-order valence-corrected chi connectivity index (χ2v) is 10.7. The summed E-state index contributed by atoms with van der Waals surface area (Å²) in [5, 5.41) is 18.9. The Balaban J connectivity index is 1.58. The maximum Gasteiger partial charge on any atom is 0.243 e. The summed E-state index contributed by atoms with van der Waals surface area (Å²) in [6.07, 6.45) is 6.38. The Morgan fingerprint density at radius 1 is 1.07 bits per heavy atom. The second kappa shape index (κ2) is 13.6. The fraction of sp³-hybridized carbons (Fsp3) is 0.533. The van der Waals surface area contributed by atoms with Crippen LogP contribution < -0.4 is 20.7 Å². The van der Waals surface area contributed by atoms with Gasteiger partial charge in [0.2, 0.25) is 17.7 Å². The third-order valence-corrected chi connectivity index (χ3v) is 7.75. The Hall–Kier alpha value is -3.66. The van der Waals surface area contributed by atoms with E-state index in [0.717, 1.165) is 41.8 Å². The van der Waals surface area contributed by atoms with Gasteiger partial charge in [0.25, 0.3) is 0 Å². The van der Waals surface area contributed by atoms with E-state index in [1.165, 1.54) is 4.90 Å². The minimum Gasteiger partial charge on any atom is -0.508 e. The number of likely N-dealkylation sites (N-methyl/N-ethyl adjacent to an activating group) is 1. The molecule has 2 aliphatic rings. The lowest BCUT2D eigenvalue weighted by molar-refractivity contribution is -0.141. The number of fused-ring (bicyclic) bond motifs is 1.